The molecule has 3 aromatic heterocycles. The minimum Gasteiger partial charge on any atom is -0.390 e. The number of hydrogen-bond donors (Lipinski definition) is 4. The Bertz CT molecular complexity index is 950. The number of aliphatic hydroxyl groups excluding tert-OH is 2. The summed E-state index contributed by atoms with van der Waals surface area (Å²) in [5.41, 5.74) is 1.26. The summed E-state index contributed by atoms with van der Waals surface area (Å²) >= 11 is 6.01. The zero-order chi connectivity index (χ0) is 18.3. The summed E-state index contributed by atoms with van der Waals surface area (Å²) < 4.78 is 14.2. The lowest BCUT2D eigenvalue weighted by Gasteiger charge is -2.32. The molecule has 0 saturated heterocycles. The standard InChI is InChI=1S/C17H17ClFN5O2/c18-8-4-9-10(6-21-15(9)20-5-8)16-22-7-11(19)17(24-16)23-12-2-1-3-13(25)14(12)26/h4-7,12-14,25-26H,1-3H2,(H,20,21)(H,22,23,24)/t12-,13-,14?/m1/s1. The number of nitrogens with one attached hydrogen (secondary N) is 2. The van der Waals surface area contributed by atoms with Gasteiger partial charge in [0.1, 0.15) is 5.65 Å². The first-order valence-electron chi connectivity index (χ1n) is 8.31. The van der Waals surface area contributed by atoms with Crippen LogP contribution in [0.4, 0.5) is 10.2 Å². The Morgan fingerprint density at radius 3 is 2.92 bits per heavy atom. The first kappa shape index (κ1) is 17.1. The first-order chi connectivity index (χ1) is 12.5. The van der Waals surface area contributed by atoms with Crippen molar-refractivity contribution < 1.29 is 14.6 Å². The van der Waals surface area contributed by atoms with Gasteiger partial charge in [-0.1, -0.05) is 11.6 Å². The SMILES string of the molecule is OC1[C@H](O)CCC[C@H]1Nc1nc(-c2c[nH]c3ncc(Cl)cc23)ncc1F. The molecule has 1 fully saturated rings. The number of anilines is 1. The molecule has 136 valence electrons. The van der Waals surface area contributed by atoms with Crippen LogP contribution >= 0.6 is 11.6 Å². The Labute approximate surface area is 153 Å². The van der Waals surface area contributed by atoms with Gasteiger partial charge in [0.05, 0.1) is 29.5 Å². The van der Waals surface area contributed by atoms with E-state index in [2.05, 4.69) is 25.3 Å². The Morgan fingerprint density at radius 2 is 2.08 bits per heavy atom. The van der Waals surface area contributed by atoms with Crippen LogP contribution in [0.25, 0.3) is 22.4 Å². The van der Waals surface area contributed by atoms with Crippen LogP contribution in [-0.2, 0) is 0 Å². The molecule has 1 unspecified atom stereocenters. The smallest absolute Gasteiger partial charge is 0.183 e. The first-order valence-corrected chi connectivity index (χ1v) is 8.69. The van der Waals surface area contributed by atoms with Gasteiger partial charge in [-0.05, 0) is 25.3 Å². The van der Waals surface area contributed by atoms with E-state index in [9.17, 15) is 14.6 Å². The summed E-state index contributed by atoms with van der Waals surface area (Å²) in [6, 6.07) is 1.26. The number of pyridine rings is 1. The summed E-state index contributed by atoms with van der Waals surface area (Å²) in [6.07, 6.45) is 4.37. The third kappa shape index (κ3) is 3.11. The average Bonchev–Trinajstić information content (AvgIpc) is 3.04. The highest BCUT2D eigenvalue weighted by Crippen LogP contribution is 2.29. The Morgan fingerprint density at radius 1 is 1.23 bits per heavy atom. The average molecular weight is 378 g/mol. The van der Waals surface area contributed by atoms with E-state index in [4.69, 9.17) is 11.6 Å². The van der Waals surface area contributed by atoms with E-state index in [0.29, 0.717) is 34.9 Å². The van der Waals surface area contributed by atoms with Gasteiger partial charge in [-0.3, -0.25) is 0 Å². The molecule has 7 nitrogen and oxygen atoms in total. The predicted molar refractivity (Wildman–Crippen MR) is 95.4 cm³/mol. The normalized spacial score (nSPS) is 23.3. The summed E-state index contributed by atoms with van der Waals surface area (Å²) in [5, 5.41) is 24.0. The Balaban J connectivity index is 1.68. The molecular weight excluding hydrogens is 361 g/mol. The predicted octanol–water partition coefficient (Wildman–Crippen LogP) is 2.50. The lowest BCUT2D eigenvalue weighted by molar-refractivity contribution is -0.0162. The van der Waals surface area contributed by atoms with Crippen LogP contribution in [0.1, 0.15) is 19.3 Å². The largest absolute Gasteiger partial charge is 0.390 e. The van der Waals surface area contributed by atoms with Crippen molar-refractivity contribution >= 4 is 28.5 Å². The molecule has 0 amide bonds. The van der Waals surface area contributed by atoms with Crippen LogP contribution in [0.2, 0.25) is 5.02 Å². The highest BCUT2D eigenvalue weighted by atomic mass is 35.5. The second-order valence-electron chi connectivity index (χ2n) is 6.38. The number of aromatic amines is 1. The maximum absolute atomic E-state index is 14.2. The van der Waals surface area contributed by atoms with Crippen molar-refractivity contribution in [2.24, 2.45) is 0 Å². The van der Waals surface area contributed by atoms with Crippen molar-refractivity contribution in [1.29, 1.82) is 0 Å². The van der Waals surface area contributed by atoms with Gasteiger partial charge in [-0.25, -0.2) is 19.3 Å². The minimum atomic E-state index is -0.974. The number of H-pyrrole nitrogens is 1. The number of aromatic nitrogens is 4. The molecule has 3 atom stereocenters. The summed E-state index contributed by atoms with van der Waals surface area (Å²) in [4.78, 5) is 15.5. The van der Waals surface area contributed by atoms with Gasteiger partial charge in [-0.2, -0.15) is 0 Å². The molecule has 0 bridgehead atoms. The maximum Gasteiger partial charge on any atom is 0.183 e. The van der Waals surface area contributed by atoms with Crippen LogP contribution in [0, 0.1) is 5.82 Å². The van der Waals surface area contributed by atoms with E-state index >= 15 is 0 Å². The van der Waals surface area contributed by atoms with E-state index in [-0.39, 0.29) is 5.82 Å². The molecule has 4 N–H and O–H groups in total. The molecule has 0 aliphatic heterocycles. The molecule has 1 aliphatic carbocycles. The molecule has 0 aromatic carbocycles. The van der Waals surface area contributed by atoms with Crippen LogP contribution in [-0.4, -0.2) is 48.4 Å². The fourth-order valence-corrected chi connectivity index (χ4v) is 3.41. The van der Waals surface area contributed by atoms with Gasteiger partial charge < -0.3 is 20.5 Å². The van der Waals surface area contributed by atoms with Crippen molar-refractivity contribution in [2.45, 2.75) is 37.5 Å². The summed E-state index contributed by atoms with van der Waals surface area (Å²) in [6.45, 7) is 0. The van der Waals surface area contributed by atoms with E-state index in [1.165, 1.54) is 6.20 Å². The van der Waals surface area contributed by atoms with Crippen molar-refractivity contribution in [3.05, 3.63) is 35.5 Å². The van der Waals surface area contributed by atoms with Gasteiger partial charge in [-0.15, -0.1) is 0 Å². The molecule has 4 rings (SSSR count). The number of fused-ring (bicyclic) bond motifs is 1. The monoisotopic (exact) mass is 377 g/mol. The van der Waals surface area contributed by atoms with Crippen molar-refractivity contribution in [2.75, 3.05) is 5.32 Å². The van der Waals surface area contributed by atoms with Gasteiger partial charge in [0.25, 0.3) is 0 Å². The molecule has 3 heterocycles. The van der Waals surface area contributed by atoms with Crippen LogP contribution < -0.4 is 5.32 Å². The lowest BCUT2D eigenvalue weighted by Crippen LogP contribution is -2.45. The van der Waals surface area contributed by atoms with Gasteiger partial charge >= 0.3 is 0 Å². The third-order valence-corrected chi connectivity index (χ3v) is 4.83. The van der Waals surface area contributed by atoms with Crippen molar-refractivity contribution in [3.63, 3.8) is 0 Å². The lowest BCUT2D eigenvalue weighted by atomic mass is 9.90. The summed E-state index contributed by atoms with van der Waals surface area (Å²) in [7, 11) is 0. The topological polar surface area (TPSA) is 107 Å². The van der Waals surface area contributed by atoms with E-state index < -0.39 is 24.1 Å². The number of rotatable bonds is 3. The Hall–Kier alpha value is -2.29. The van der Waals surface area contributed by atoms with E-state index in [0.717, 1.165) is 18.0 Å². The molecule has 1 aliphatic rings. The zero-order valence-corrected chi connectivity index (χ0v) is 14.4. The van der Waals surface area contributed by atoms with Crippen LogP contribution in [0.5, 0.6) is 0 Å². The van der Waals surface area contributed by atoms with Gasteiger partial charge in [0, 0.05) is 23.3 Å². The summed E-state index contributed by atoms with van der Waals surface area (Å²) in [5.74, 6) is -0.343. The number of halogens is 2. The van der Waals surface area contributed by atoms with Crippen molar-refractivity contribution in [3.8, 4) is 11.4 Å². The fraction of sp³-hybridized carbons (Fsp3) is 0.353. The highest BCUT2D eigenvalue weighted by Gasteiger charge is 2.31. The van der Waals surface area contributed by atoms with Gasteiger partial charge in [0.2, 0.25) is 0 Å². The molecule has 0 spiro atoms. The molecule has 0 radical (unpaired) electrons. The minimum absolute atomic E-state index is 0.0162. The van der Waals surface area contributed by atoms with E-state index in [1.807, 2.05) is 0 Å². The van der Waals surface area contributed by atoms with E-state index in [1.54, 1.807) is 12.3 Å². The maximum atomic E-state index is 14.2. The highest BCUT2D eigenvalue weighted by molar-refractivity contribution is 6.31. The second-order valence-corrected chi connectivity index (χ2v) is 6.82. The molecule has 1 saturated carbocycles. The van der Waals surface area contributed by atoms with Crippen molar-refractivity contribution in [1.82, 2.24) is 19.9 Å². The molecule has 26 heavy (non-hydrogen) atoms. The molecule has 3 aromatic rings. The van der Waals surface area contributed by atoms with Gasteiger partial charge in [0.15, 0.2) is 17.5 Å². The second kappa shape index (κ2) is 6.79. The van der Waals surface area contributed by atoms with Crippen LogP contribution in [0.15, 0.2) is 24.7 Å². The Kier molecular flexibility index (Phi) is 4.47. The fourth-order valence-electron chi connectivity index (χ4n) is 3.25. The number of aliphatic hydroxyl groups is 2. The third-order valence-electron chi connectivity index (χ3n) is 4.63. The number of nitrogens with zero attached hydrogens (tertiary/aromatic N) is 3. The molecule has 9 heteroatoms. The molecular formula is C17H17ClFN5O2. The quantitative estimate of drug-likeness (QED) is 0.558. The number of hydrogen-bond acceptors (Lipinski definition) is 6. The van der Waals surface area contributed by atoms with Crippen LogP contribution in [0.3, 0.4) is 0 Å². The zero-order valence-electron chi connectivity index (χ0n) is 13.7.